The summed E-state index contributed by atoms with van der Waals surface area (Å²) in [6.45, 7) is 3.69. The molecule has 5 nitrogen and oxygen atoms in total. The summed E-state index contributed by atoms with van der Waals surface area (Å²) in [7, 11) is -2.84. The van der Waals surface area contributed by atoms with Gasteiger partial charge in [0.2, 0.25) is 5.91 Å². The molecule has 2 rings (SSSR count). The molecule has 2 aliphatic heterocycles. The molecule has 0 aromatic rings. The Labute approximate surface area is 102 Å². The van der Waals surface area contributed by atoms with Crippen molar-refractivity contribution in [1.29, 1.82) is 0 Å². The summed E-state index contributed by atoms with van der Waals surface area (Å²) in [4.78, 5) is 12.0. The highest BCUT2D eigenvalue weighted by molar-refractivity contribution is 7.91. The summed E-state index contributed by atoms with van der Waals surface area (Å²) >= 11 is 0. The van der Waals surface area contributed by atoms with E-state index in [-0.39, 0.29) is 29.4 Å². The Bertz CT molecular complexity index is 380. The fourth-order valence-electron chi connectivity index (χ4n) is 2.50. The van der Waals surface area contributed by atoms with Crippen LogP contribution in [0.4, 0.5) is 0 Å². The van der Waals surface area contributed by atoms with Crippen molar-refractivity contribution in [2.24, 2.45) is 11.8 Å². The molecular weight excluding hydrogens is 240 g/mol. The van der Waals surface area contributed by atoms with E-state index in [0.29, 0.717) is 18.8 Å². The number of sulfone groups is 1. The predicted molar refractivity (Wildman–Crippen MR) is 65.3 cm³/mol. The highest BCUT2D eigenvalue weighted by Crippen LogP contribution is 2.18. The first-order valence-corrected chi connectivity index (χ1v) is 8.01. The van der Waals surface area contributed by atoms with Gasteiger partial charge in [-0.2, -0.15) is 0 Å². The largest absolute Gasteiger partial charge is 0.353 e. The van der Waals surface area contributed by atoms with Gasteiger partial charge in [-0.25, -0.2) is 8.42 Å². The maximum atomic E-state index is 12.0. The van der Waals surface area contributed by atoms with Crippen molar-refractivity contribution in [3.8, 4) is 0 Å². The zero-order chi connectivity index (χ0) is 12.5. The molecule has 0 bridgehead atoms. The van der Waals surface area contributed by atoms with Crippen LogP contribution in [0.3, 0.4) is 0 Å². The van der Waals surface area contributed by atoms with Gasteiger partial charge >= 0.3 is 0 Å². The van der Waals surface area contributed by atoms with Crippen molar-refractivity contribution in [3.05, 3.63) is 0 Å². The van der Waals surface area contributed by atoms with Gasteiger partial charge in [0.15, 0.2) is 0 Å². The Morgan fingerprint density at radius 2 is 1.88 bits per heavy atom. The molecule has 2 aliphatic rings. The van der Waals surface area contributed by atoms with E-state index < -0.39 is 9.84 Å². The summed E-state index contributed by atoms with van der Waals surface area (Å²) < 4.78 is 22.5. The van der Waals surface area contributed by atoms with Crippen molar-refractivity contribution in [2.45, 2.75) is 25.8 Å². The molecule has 6 heteroatoms. The molecule has 0 aliphatic carbocycles. The van der Waals surface area contributed by atoms with E-state index in [1.807, 2.05) is 0 Å². The van der Waals surface area contributed by atoms with Crippen molar-refractivity contribution in [3.63, 3.8) is 0 Å². The molecule has 2 saturated heterocycles. The Morgan fingerprint density at radius 1 is 1.24 bits per heavy atom. The number of amides is 1. The van der Waals surface area contributed by atoms with Gasteiger partial charge in [0.1, 0.15) is 9.84 Å². The Hall–Kier alpha value is -0.620. The molecule has 98 valence electrons. The molecule has 1 amide bonds. The fraction of sp³-hybridized carbons (Fsp3) is 0.909. The maximum Gasteiger partial charge on any atom is 0.224 e. The number of carbonyl (C=O) groups excluding carboxylic acids is 1. The third-order valence-electron chi connectivity index (χ3n) is 3.76. The lowest BCUT2D eigenvalue weighted by atomic mass is 9.96. The monoisotopic (exact) mass is 260 g/mol. The quantitative estimate of drug-likeness (QED) is 0.704. The number of hydrogen-bond donors (Lipinski definition) is 2. The van der Waals surface area contributed by atoms with Gasteiger partial charge in [-0.1, -0.05) is 6.92 Å². The summed E-state index contributed by atoms with van der Waals surface area (Å²) in [5, 5.41) is 6.18. The molecule has 0 radical (unpaired) electrons. The van der Waals surface area contributed by atoms with Crippen LogP contribution in [-0.2, 0) is 14.6 Å². The van der Waals surface area contributed by atoms with E-state index in [9.17, 15) is 13.2 Å². The number of rotatable bonds is 2. The Kier molecular flexibility index (Phi) is 3.73. The summed E-state index contributed by atoms with van der Waals surface area (Å²) in [6.07, 6.45) is 1.12. The van der Waals surface area contributed by atoms with E-state index in [4.69, 9.17) is 0 Å². The van der Waals surface area contributed by atoms with E-state index in [1.165, 1.54) is 0 Å². The second-order valence-corrected chi connectivity index (χ2v) is 7.48. The van der Waals surface area contributed by atoms with Crippen LogP contribution in [0.15, 0.2) is 0 Å². The first kappa shape index (κ1) is 12.8. The molecule has 2 N–H and O–H groups in total. The van der Waals surface area contributed by atoms with Crippen LogP contribution in [-0.4, -0.2) is 45.0 Å². The SMILES string of the molecule is C[C@@H]1CNC[C@H]1C(=O)NC1CCS(=O)(=O)CC1. The average Bonchev–Trinajstić information content (AvgIpc) is 2.68. The molecule has 0 aromatic heterocycles. The van der Waals surface area contributed by atoms with Crippen LogP contribution in [0.1, 0.15) is 19.8 Å². The highest BCUT2D eigenvalue weighted by Gasteiger charge is 2.32. The zero-order valence-electron chi connectivity index (χ0n) is 10.1. The topological polar surface area (TPSA) is 75.3 Å². The second-order valence-electron chi connectivity index (χ2n) is 5.18. The van der Waals surface area contributed by atoms with Gasteiger partial charge in [0.25, 0.3) is 0 Å². The van der Waals surface area contributed by atoms with Crippen LogP contribution in [0, 0.1) is 11.8 Å². The third kappa shape index (κ3) is 3.19. The minimum atomic E-state index is -2.84. The fourth-order valence-corrected chi connectivity index (χ4v) is 4.00. The summed E-state index contributed by atoms with van der Waals surface area (Å²) in [5.74, 6) is 0.884. The minimum Gasteiger partial charge on any atom is -0.353 e. The van der Waals surface area contributed by atoms with Gasteiger partial charge < -0.3 is 10.6 Å². The van der Waals surface area contributed by atoms with Crippen LogP contribution in [0.25, 0.3) is 0 Å². The number of carbonyl (C=O) groups is 1. The summed E-state index contributed by atoms with van der Waals surface area (Å²) in [6, 6.07) is 0.0406. The Morgan fingerprint density at radius 3 is 2.41 bits per heavy atom. The van der Waals surface area contributed by atoms with Crippen LogP contribution in [0.5, 0.6) is 0 Å². The first-order chi connectivity index (χ1) is 7.98. The van der Waals surface area contributed by atoms with E-state index >= 15 is 0 Å². The standard InChI is InChI=1S/C11H20N2O3S/c1-8-6-12-7-10(8)11(14)13-9-2-4-17(15,16)5-3-9/h8-10,12H,2-7H2,1H3,(H,13,14)/t8-,10-/m1/s1. The van der Waals surface area contributed by atoms with Crippen molar-refractivity contribution < 1.29 is 13.2 Å². The summed E-state index contributed by atoms with van der Waals surface area (Å²) in [5.41, 5.74) is 0. The highest BCUT2D eigenvalue weighted by atomic mass is 32.2. The van der Waals surface area contributed by atoms with Gasteiger partial charge in [-0.05, 0) is 25.3 Å². The van der Waals surface area contributed by atoms with Crippen molar-refractivity contribution in [1.82, 2.24) is 10.6 Å². The van der Waals surface area contributed by atoms with Gasteiger partial charge in [0.05, 0.1) is 17.4 Å². The molecular formula is C11H20N2O3S. The van der Waals surface area contributed by atoms with Crippen molar-refractivity contribution >= 4 is 15.7 Å². The lowest BCUT2D eigenvalue weighted by Crippen LogP contribution is -2.44. The first-order valence-electron chi connectivity index (χ1n) is 6.19. The predicted octanol–water partition coefficient (Wildman–Crippen LogP) is -0.465. The average molecular weight is 260 g/mol. The third-order valence-corrected chi connectivity index (χ3v) is 5.47. The molecule has 0 saturated carbocycles. The Balaban J connectivity index is 1.84. The normalized spacial score (nSPS) is 33.5. The lowest BCUT2D eigenvalue weighted by molar-refractivity contribution is -0.126. The van der Waals surface area contributed by atoms with E-state index in [0.717, 1.165) is 13.1 Å². The molecule has 17 heavy (non-hydrogen) atoms. The second kappa shape index (κ2) is 4.94. The van der Waals surface area contributed by atoms with Crippen LogP contribution >= 0.6 is 0 Å². The van der Waals surface area contributed by atoms with E-state index in [1.54, 1.807) is 0 Å². The zero-order valence-corrected chi connectivity index (χ0v) is 10.9. The smallest absolute Gasteiger partial charge is 0.224 e. The molecule has 2 fully saturated rings. The minimum absolute atomic E-state index is 0.0357. The maximum absolute atomic E-state index is 12.0. The van der Waals surface area contributed by atoms with Gasteiger partial charge in [-0.15, -0.1) is 0 Å². The molecule has 0 unspecified atom stereocenters. The molecule has 0 aromatic carbocycles. The molecule has 2 atom stereocenters. The molecule has 2 heterocycles. The van der Waals surface area contributed by atoms with Gasteiger partial charge in [-0.3, -0.25) is 4.79 Å². The number of hydrogen-bond acceptors (Lipinski definition) is 4. The van der Waals surface area contributed by atoms with E-state index in [2.05, 4.69) is 17.6 Å². The molecule has 0 spiro atoms. The van der Waals surface area contributed by atoms with Crippen LogP contribution < -0.4 is 10.6 Å². The lowest BCUT2D eigenvalue weighted by Gasteiger charge is -2.25. The van der Waals surface area contributed by atoms with Gasteiger partial charge in [0, 0.05) is 12.6 Å². The number of nitrogens with one attached hydrogen (secondary N) is 2. The van der Waals surface area contributed by atoms with Crippen molar-refractivity contribution in [2.75, 3.05) is 24.6 Å². The van der Waals surface area contributed by atoms with Crippen LogP contribution in [0.2, 0.25) is 0 Å².